The fourth-order valence-electron chi connectivity index (χ4n) is 3.26. The molecule has 2 saturated heterocycles. The molecule has 2 aliphatic heterocycles. The van der Waals surface area contributed by atoms with Gasteiger partial charge in [0, 0.05) is 39.3 Å². The second kappa shape index (κ2) is 7.52. The molecule has 0 bridgehead atoms. The van der Waals surface area contributed by atoms with E-state index in [-0.39, 0.29) is 6.09 Å². The number of carbonyl (C=O) groups excluding carboxylic acids is 1. The van der Waals surface area contributed by atoms with E-state index in [1.54, 1.807) is 4.90 Å². The lowest BCUT2D eigenvalue weighted by Crippen LogP contribution is -2.50. The number of carbonyl (C=O) groups is 1. The van der Waals surface area contributed by atoms with E-state index in [0.717, 1.165) is 39.4 Å². The summed E-state index contributed by atoms with van der Waals surface area (Å²) in [6.07, 6.45) is -0.214. The molecule has 0 saturated carbocycles. The summed E-state index contributed by atoms with van der Waals surface area (Å²) in [5, 5.41) is 0. The van der Waals surface area contributed by atoms with Crippen LogP contribution in [0.15, 0.2) is 24.3 Å². The summed E-state index contributed by atoms with van der Waals surface area (Å²) >= 11 is 0. The third-order valence-corrected chi connectivity index (χ3v) is 4.51. The fourth-order valence-corrected chi connectivity index (χ4v) is 3.26. The zero-order valence-electron chi connectivity index (χ0n) is 15.5. The molecule has 2 fully saturated rings. The van der Waals surface area contributed by atoms with Crippen LogP contribution in [0, 0.1) is 0 Å². The van der Waals surface area contributed by atoms with Crippen molar-refractivity contribution in [2.45, 2.75) is 26.4 Å². The molecule has 25 heavy (non-hydrogen) atoms. The van der Waals surface area contributed by atoms with Crippen LogP contribution in [0.4, 0.5) is 16.2 Å². The van der Waals surface area contributed by atoms with Crippen molar-refractivity contribution >= 4 is 17.5 Å². The molecule has 0 spiro atoms. The molecule has 1 amide bonds. The molecule has 2 heterocycles. The summed E-state index contributed by atoms with van der Waals surface area (Å²) < 4.78 is 11.0. The van der Waals surface area contributed by atoms with Crippen molar-refractivity contribution in [1.29, 1.82) is 0 Å². The van der Waals surface area contributed by atoms with E-state index in [4.69, 9.17) is 9.47 Å². The highest BCUT2D eigenvalue weighted by Gasteiger charge is 2.27. The number of piperazine rings is 1. The van der Waals surface area contributed by atoms with E-state index >= 15 is 0 Å². The molecule has 138 valence electrons. The lowest BCUT2D eigenvalue weighted by molar-refractivity contribution is 0.0240. The topological polar surface area (TPSA) is 45.2 Å². The monoisotopic (exact) mass is 347 g/mol. The molecule has 2 aliphatic rings. The van der Waals surface area contributed by atoms with Crippen molar-refractivity contribution in [1.82, 2.24) is 4.90 Å². The zero-order valence-corrected chi connectivity index (χ0v) is 15.5. The van der Waals surface area contributed by atoms with E-state index in [2.05, 4.69) is 34.1 Å². The molecular weight excluding hydrogens is 318 g/mol. The number of hydrogen-bond acceptors (Lipinski definition) is 5. The molecule has 0 atom stereocenters. The molecule has 0 aromatic heterocycles. The van der Waals surface area contributed by atoms with Crippen molar-refractivity contribution in [3.8, 4) is 0 Å². The maximum Gasteiger partial charge on any atom is 0.410 e. The minimum Gasteiger partial charge on any atom is -0.444 e. The second-order valence-corrected chi connectivity index (χ2v) is 7.54. The van der Waals surface area contributed by atoms with Gasteiger partial charge >= 0.3 is 6.09 Å². The van der Waals surface area contributed by atoms with E-state index in [1.807, 2.05) is 20.8 Å². The Labute approximate surface area is 150 Å². The summed E-state index contributed by atoms with van der Waals surface area (Å²) in [6.45, 7) is 12.1. The Bertz CT molecular complexity index is 586. The molecule has 6 heteroatoms. The van der Waals surface area contributed by atoms with Crippen LogP contribution in [0.1, 0.15) is 20.8 Å². The van der Waals surface area contributed by atoms with E-state index in [9.17, 15) is 4.79 Å². The van der Waals surface area contributed by atoms with Gasteiger partial charge in [-0.25, -0.2) is 4.79 Å². The summed E-state index contributed by atoms with van der Waals surface area (Å²) in [4.78, 5) is 18.8. The van der Waals surface area contributed by atoms with Crippen molar-refractivity contribution in [3.05, 3.63) is 24.3 Å². The third kappa shape index (κ3) is 4.57. The largest absolute Gasteiger partial charge is 0.444 e. The normalized spacial score (nSPS) is 19.1. The van der Waals surface area contributed by atoms with Crippen molar-refractivity contribution < 1.29 is 14.3 Å². The molecule has 1 aromatic rings. The Morgan fingerprint density at radius 2 is 1.44 bits per heavy atom. The average molecular weight is 347 g/mol. The molecule has 0 N–H and O–H groups in total. The highest BCUT2D eigenvalue weighted by Crippen LogP contribution is 2.30. The highest BCUT2D eigenvalue weighted by molar-refractivity contribution is 5.73. The summed E-state index contributed by atoms with van der Waals surface area (Å²) in [7, 11) is 0. The first-order chi connectivity index (χ1) is 11.9. The standard InChI is InChI=1S/C19H29N3O3/c1-19(2,3)25-18(23)22-10-8-20(9-11-22)16-6-4-5-7-17(16)21-12-14-24-15-13-21/h4-7H,8-15H2,1-3H3. The maximum atomic E-state index is 12.2. The number of hydrogen-bond donors (Lipinski definition) is 0. The van der Waals surface area contributed by atoms with Gasteiger partial charge in [0.25, 0.3) is 0 Å². The van der Waals surface area contributed by atoms with Gasteiger partial charge < -0.3 is 24.2 Å². The Morgan fingerprint density at radius 3 is 1.96 bits per heavy atom. The number of anilines is 2. The predicted molar refractivity (Wildman–Crippen MR) is 99.5 cm³/mol. The molecular formula is C19H29N3O3. The van der Waals surface area contributed by atoms with Gasteiger partial charge in [-0.1, -0.05) is 12.1 Å². The van der Waals surface area contributed by atoms with Crippen LogP contribution in [0.3, 0.4) is 0 Å². The molecule has 6 nitrogen and oxygen atoms in total. The summed E-state index contributed by atoms with van der Waals surface area (Å²) in [6, 6.07) is 8.53. The predicted octanol–water partition coefficient (Wildman–Crippen LogP) is 2.58. The third-order valence-electron chi connectivity index (χ3n) is 4.51. The molecule has 0 aliphatic carbocycles. The first kappa shape index (κ1) is 17.9. The summed E-state index contributed by atoms with van der Waals surface area (Å²) in [5.74, 6) is 0. The van der Waals surface area contributed by atoms with Gasteiger partial charge in [0.2, 0.25) is 0 Å². The van der Waals surface area contributed by atoms with Crippen LogP contribution < -0.4 is 9.80 Å². The fraction of sp³-hybridized carbons (Fsp3) is 0.632. The van der Waals surface area contributed by atoms with Crippen LogP contribution in [-0.4, -0.2) is 69.1 Å². The first-order valence-corrected chi connectivity index (χ1v) is 9.09. The van der Waals surface area contributed by atoms with Crippen LogP contribution in [0.2, 0.25) is 0 Å². The van der Waals surface area contributed by atoms with Crippen LogP contribution in [-0.2, 0) is 9.47 Å². The van der Waals surface area contributed by atoms with E-state index < -0.39 is 5.60 Å². The van der Waals surface area contributed by atoms with Gasteiger partial charge in [-0.3, -0.25) is 0 Å². The minimum absolute atomic E-state index is 0.214. The molecule has 3 rings (SSSR count). The van der Waals surface area contributed by atoms with Gasteiger partial charge in [-0.05, 0) is 32.9 Å². The number of benzene rings is 1. The van der Waals surface area contributed by atoms with Crippen molar-refractivity contribution in [2.75, 3.05) is 62.3 Å². The van der Waals surface area contributed by atoms with Gasteiger partial charge in [0.15, 0.2) is 0 Å². The quantitative estimate of drug-likeness (QED) is 0.823. The van der Waals surface area contributed by atoms with Gasteiger partial charge in [0.1, 0.15) is 5.60 Å². The Kier molecular flexibility index (Phi) is 5.37. The van der Waals surface area contributed by atoms with Crippen molar-refractivity contribution in [3.63, 3.8) is 0 Å². The average Bonchev–Trinajstić information content (AvgIpc) is 2.61. The van der Waals surface area contributed by atoms with E-state index in [1.165, 1.54) is 11.4 Å². The zero-order chi connectivity index (χ0) is 17.9. The number of rotatable bonds is 2. The van der Waals surface area contributed by atoms with Crippen LogP contribution in [0.25, 0.3) is 0 Å². The highest BCUT2D eigenvalue weighted by atomic mass is 16.6. The number of nitrogens with zero attached hydrogens (tertiary/aromatic N) is 3. The van der Waals surface area contributed by atoms with Gasteiger partial charge in [-0.15, -0.1) is 0 Å². The summed E-state index contributed by atoms with van der Waals surface area (Å²) in [5.41, 5.74) is 2.06. The second-order valence-electron chi connectivity index (χ2n) is 7.54. The van der Waals surface area contributed by atoms with E-state index in [0.29, 0.717) is 13.1 Å². The van der Waals surface area contributed by atoms with Crippen LogP contribution in [0.5, 0.6) is 0 Å². The lowest BCUT2D eigenvalue weighted by Gasteiger charge is -2.39. The number of para-hydroxylation sites is 2. The van der Waals surface area contributed by atoms with Crippen molar-refractivity contribution in [2.24, 2.45) is 0 Å². The minimum atomic E-state index is -0.447. The maximum absolute atomic E-state index is 12.2. The smallest absolute Gasteiger partial charge is 0.410 e. The first-order valence-electron chi connectivity index (χ1n) is 9.09. The lowest BCUT2D eigenvalue weighted by atomic mass is 10.2. The number of amides is 1. The van der Waals surface area contributed by atoms with Gasteiger partial charge in [-0.2, -0.15) is 0 Å². The Hall–Kier alpha value is -1.95. The van der Waals surface area contributed by atoms with Gasteiger partial charge in [0.05, 0.1) is 24.6 Å². The SMILES string of the molecule is CC(C)(C)OC(=O)N1CCN(c2ccccc2N2CCOCC2)CC1. The Morgan fingerprint density at radius 1 is 0.920 bits per heavy atom. The molecule has 0 unspecified atom stereocenters. The molecule has 0 radical (unpaired) electrons. The number of morpholine rings is 1. The number of ether oxygens (including phenoxy) is 2. The van der Waals surface area contributed by atoms with Crippen LogP contribution >= 0.6 is 0 Å². The molecule has 1 aromatic carbocycles. The Balaban J connectivity index is 1.64.